The highest BCUT2D eigenvalue weighted by Crippen LogP contribution is 2.28. The number of hydrogen-bond acceptors (Lipinski definition) is 6. The molecule has 7 nitrogen and oxygen atoms in total. The Hall–Kier alpha value is -1.89. The molecule has 0 bridgehead atoms. The van der Waals surface area contributed by atoms with Crippen LogP contribution in [0.5, 0.6) is 0 Å². The molecule has 1 atom stereocenters. The van der Waals surface area contributed by atoms with Crippen LogP contribution in [0.15, 0.2) is 6.07 Å². The second kappa shape index (κ2) is 7.15. The Morgan fingerprint density at radius 1 is 1.12 bits per heavy atom. The SMILES string of the molecule is Nc1nc([C@H]2CCOC2)cc(N2CCN(C3CCCCC3)C(=O)C2)n1. The predicted octanol–water partition coefficient (Wildman–Crippen LogP) is 1.54. The van der Waals surface area contributed by atoms with Gasteiger partial charge in [-0.05, 0) is 19.3 Å². The number of rotatable bonds is 3. The standard InChI is InChI=1S/C18H27N5O2/c19-18-20-15(13-6-9-25-12-13)10-16(21-18)22-7-8-23(17(24)11-22)14-4-2-1-3-5-14/h10,13-14H,1-9,11-12H2,(H2,19,20,21)/t13-/m0/s1. The Balaban J connectivity index is 1.47. The Morgan fingerprint density at radius 3 is 2.68 bits per heavy atom. The minimum atomic E-state index is 0.209. The van der Waals surface area contributed by atoms with Gasteiger partial charge in [0.25, 0.3) is 0 Å². The van der Waals surface area contributed by atoms with Gasteiger partial charge >= 0.3 is 0 Å². The van der Waals surface area contributed by atoms with E-state index in [4.69, 9.17) is 10.5 Å². The van der Waals surface area contributed by atoms with Crippen molar-refractivity contribution < 1.29 is 9.53 Å². The molecule has 2 N–H and O–H groups in total. The number of hydrogen-bond donors (Lipinski definition) is 1. The summed E-state index contributed by atoms with van der Waals surface area (Å²) in [5.74, 6) is 1.54. The van der Waals surface area contributed by atoms with E-state index >= 15 is 0 Å². The van der Waals surface area contributed by atoms with Crippen molar-refractivity contribution in [2.45, 2.75) is 50.5 Å². The van der Waals surface area contributed by atoms with Crippen LogP contribution < -0.4 is 10.6 Å². The minimum absolute atomic E-state index is 0.209. The first-order valence-electron chi connectivity index (χ1n) is 9.47. The van der Waals surface area contributed by atoms with Crippen LogP contribution in [0, 0.1) is 0 Å². The Labute approximate surface area is 148 Å². The zero-order chi connectivity index (χ0) is 17.2. The van der Waals surface area contributed by atoms with Gasteiger partial charge in [0.2, 0.25) is 11.9 Å². The lowest BCUT2D eigenvalue weighted by atomic mass is 9.93. The second-order valence-electron chi connectivity index (χ2n) is 7.37. The fraction of sp³-hybridized carbons (Fsp3) is 0.722. The van der Waals surface area contributed by atoms with Crippen molar-refractivity contribution in [2.75, 3.05) is 43.5 Å². The van der Waals surface area contributed by atoms with E-state index in [1.807, 2.05) is 11.0 Å². The first-order valence-corrected chi connectivity index (χ1v) is 9.47. The molecule has 3 heterocycles. The van der Waals surface area contributed by atoms with Crippen molar-refractivity contribution in [1.82, 2.24) is 14.9 Å². The average molecular weight is 345 g/mol. The number of nitrogens with two attached hydrogens (primary N) is 1. The van der Waals surface area contributed by atoms with Gasteiger partial charge < -0.3 is 20.3 Å². The van der Waals surface area contributed by atoms with Gasteiger partial charge in [-0.15, -0.1) is 0 Å². The maximum Gasteiger partial charge on any atom is 0.242 e. The molecule has 0 unspecified atom stereocenters. The number of carbonyl (C=O) groups excluding carboxylic acids is 1. The molecule has 25 heavy (non-hydrogen) atoms. The number of nitrogens with zero attached hydrogens (tertiary/aromatic N) is 4. The van der Waals surface area contributed by atoms with Crippen molar-refractivity contribution in [3.8, 4) is 0 Å². The maximum absolute atomic E-state index is 12.7. The monoisotopic (exact) mass is 345 g/mol. The van der Waals surface area contributed by atoms with Gasteiger partial charge in [0, 0.05) is 37.7 Å². The average Bonchev–Trinajstić information content (AvgIpc) is 3.16. The normalized spacial score (nSPS) is 25.6. The molecule has 1 saturated carbocycles. The van der Waals surface area contributed by atoms with Gasteiger partial charge in [-0.2, -0.15) is 4.98 Å². The summed E-state index contributed by atoms with van der Waals surface area (Å²) >= 11 is 0. The van der Waals surface area contributed by atoms with Crippen molar-refractivity contribution >= 4 is 17.7 Å². The molecular weight excluding hydrogens is 318 g/mol. The summed E-state index contributed by atoms with van der Waals surface area (Å²) in [6, 6.07) is 2.42. The van der Waals surface area contributed by atoms with Gasteiger partial charge in [0.1, 0.15) is 5.82 Å². The van der Waals surface area contributed by atoms with E-state index in [0.717, 1.165) is 50.5 Å². The number of amides is 1. The van der Waals surface area contributed by atoms with E-state index in [2.05, 4.69) is 14.9 Å². The number of carbonyl (C=O) groups is 1. The summed E-state index contributed by atoms with van der Waals surface area (Å²) in [4.78, 5) is 25.6. The highest BCUT2D eigenvalue weighted by atomic mass is 16.5. The van der Waals surface area contributed by atoms with E-state index in [1.54, 1.807) is 0 Å². The summed E-state index contributed by atoms with van der Waals surface area (Å²) in [6.45, 7) is 3.41. The van der Waals surface area contributed by atoms with E-state index in [0.29, 0.717) is 19.2 Å². The molecule has 3 fully saturated rings. The van der Waals surface area contributed by atoms with Crippen LogP contribution in [0.25, 0.3) is 0 Å². The number of nitrogen functional groups attached to an aromatic ring is 1. The molecule has 0 spiro atoms. The molecule has 1 aromatic heterocycles. The van der Waals surface area contributed by atoms with Crippen LogP contribution in [0.2, 0.25) is 0 Å². The maximum atomic E-state index is 12.7. The minimum Gasteiger partial charge on any atom is -0.381 e. The Morgan fingerprint density at radius 2 is 1.96 bits per heavy atom. The number of anilines is 2. The topological polar surface area (TPSA) is 84.6 Å². The molecule has 4 rings (SSSR count). The molecule has 136 valence electrons. The van der Waals surface area contributed by atoms with Crippen LogP contribution in [0.4, 0.5) is 11.8 Å². The van der Waals surface area contributed by atoms with Gasteiger partial charge in [-0.3, -0.25) is 4.79 Å². The third-order valence-electron chi connectivity index (χ3n) is 5.69. The second-order valence-corrected chi connectivity index (χ2v) is 7.37. The molecule has 2 aliphatic heterocycles. The summed E-state index contributed by atoms with van der Waals surface area (Å²) in [5.41, 5.74) is 6.86. The third kappa shape index (κ3) is 3.56. The van der Waals surface area contributed by atoms with Crippen molar-refractivity contribution in [1.29, 1.82) is 0 Å². The van der Waals surface area contributed by atoms with E-state index < -0.39 is 0 Å². The van der Waals surface area contributed by atoms with Crippen LogP contribution >= 0.6 is 0 Å². The lowest BCUT2D eigenvalue weighted by Crippen LogP contribution is -2.54. The van der Waals surface area contributed by atoms with Crippen molar-refractivity contribution in [2.24, 2.45) is 0 Å². The quantitative estimate of drug-likeness (QED) is 0.895. The first kappa shape index (κ1) is 16.6. The smallest absolute Gasteiger partial charge is 0.242 e. The molecule has 7 heteroatoms. The largest absolute Gasteiger partial charge is 0.381 e. The van der Waals surface area contributed by atoms with E-state index in [-0.39, 0.29) is 17.8 Å². The zero-order valence-corrected chi connectivity index (χ0v) is 14.7. The Kier molecular flexibility index (Phi) is 4.74. The lowest BCUT2D eigenvalue weighted by Gasteiger charge is -2.41. The summed E-state index contributed by atoms with van der Waals surface area (Å²) in [6.07, 6.45) is 7.06. The van der Waals surface area contributed by atoms with Gasteiger partial charge in [-0.1, -0.05) is 19.3 Å². The number of piperazine rings is 1. The summed E-state index contributed by atoms with van der Waals surface area (Å²) < 4.78 is 5.46. The fourth-order valence-corrected chi connectivity index (χ4v) is 4.27. The molecule has 3 aliphatic rings. The van der Waals surface area contributed by atoms with Crippen LogP contribution in [0.3, 0.4) is 0 Å². The predicted molar refractivity (Wildman–Crippen MR) is 95.4 cm³/mol. The summed E-state index contributed by atoms with van der Waals surface area (Å²) in [5, 5.41) is 0. The van der Waals surface area contributed by atoms with Crippen molar-refractivity contribution in [3.63, 3.8) is 0 Å². The molecule has 2 saturated heterocycles. The molecular formula is C18H27N5O2. The van der Waals surface area contributed by atoms with Gasteiger partial charge in [-0.25, -0.2) is 4.98 Å². The van der Waals surface area contributed by atoms with Gasteiger partial charge in [0.15, 0.2) is 0 Å². The number of ether oxygens (including phenoxy) is 1. The summed E-state index contributed by atoms with van der Waals surface area (Å²) in [7, 11) is 0. The van der Waals surface area contributed by atoms with E-state index in [9.17, 15) is 4.79 Å². The van der Waals surface area contributed by atoms with Crippen LogP contribution in [0.1, 0.15) is 50.1 Å². The van der Waals surface area contributed by atoms with Crippen LogP contribution in [-0.4, -0.2) is 59.7 Å². The first-order chi connectivity index (χ1) is 12.2. The van der Waals surface area contributed by atoms with E-state index in [1.165, 1.54) is 19.3 Å². The fourth-order valence-electron chi connectivity index (χ4n) is 4.27. The van der Waals surface area contributed by atoms with Gasteiger partial charge in [0.05, 0.1) is 18.8 Å². The molecule has 1 amide bonds. The lowest BCUT2D eigenvalue weighted by molar-refractivity contribution is -0.134. The highest BCUT2D eigenvalue weighted by molar-refractivity contribution is 5.82. The highest BCUT2D eigenvalue weighted by Gasteiger charge is 2.31. The molecule has 0 aromatic carbocycles. The molecule has 0 radical (unpaired) electrons. The number of aromatic nitrogens is 2. The van der Waals surface area contributed by atoms with Crippen molar-refractivity contribution in [3.05, 3.63) is 11.8 Å². The molecule has 1 aliphatic carbocycles. The zero-order valence-electron chi connectivity index (χ0n) is 14.7. The Bertz CT molecular complexity index is 626. The van der Waals surface area contributed by atoms with Crippen LogP contribution in [-0.2, 0) is 9.53 Å². The third-order valence-corrected chi connectivity index (χ3v) is 5.69. The molecule has 1 aromatic rings.